The third-order valence-corrected chi connectivity index (χ3v) is 4.26. The van der Waals surface area contributed by atoms with Gasteiger partial charge >= 0.3 is 0 Å². The van der Waals surface area contributed by atoms with Crippen LogP contribution in [0.3, 0.4) is 0 Å². The van der Waals surface area contributed by atoms with Crippen LogP contribution >= 0.6 is 46.4 Å². The quantitative estimate of drug-likeness (QED) is 0.778. The Morgan fingerprint density at radius 2 is 1.50 bits per heavy atom. The molecule has 0 amide bonds. The number of halogens is 4. The van der Waals surface area contributed by atoms with Gasteiger partial charge in [0.15, 0.2) is 0 Å². The summed E-state index contributed by atoms with van der Waals surface area (Å²) in [6.45, 7) is 0. The van der Waals surface area contributed by atoms with Crippen molar-refractivity contribution in [2.24, 2.45) is 0 Å². The first kappa shape index (κ1) is 15.9. The molecule has 0 aliphatic heterocycles. The molecule has 1 nitrogen and oxygen atoms in total. The molecular weight excluding hydrogens is 338 g/mol. The maximum atomic E-state index is 10.2. The molecule has 1 N–H and O–H groups in total. The van der Waals surface area contributed by atoms with Crippen molar-refractivity contribution in [3.63, 3.8) is 0 Å². The molecule has 106 valence electrons. The standard InChI is InChI=1S/C15H12Cl4O/c16-11-2-4-13(17)10(7-11)8-12(20)5-9-1-3-14(18)15(19)6-9/h1-4,6-7,12,20H,5,8H2. The molecule has 0 saturated heterocycles. The van der Waals surface area contributed by atoms with E-state index in [-0.39, 0.29) is 0 Å². The zero-order chi connectivity index (χ0) is 14.7. The Morgan fingerprint density at radius 1 is 0.800 bits per heavy atom. The van der Waals surface area contributed by atoms with E-state index in [0.717, 1.165) is 11.1 Å². The van der Waals surface area contributed by atoms with Crippen molar-refractivity contribution in [3.8, 4) is 0 Å². The minimum atomic E-state index is -0.566. The van der Waals surface area contributed by atoms with Gasteiger partial charge in [0.1, 0.15) is 0 Å². The molecule has 2 aromatic carbocycles. The second kappa shape index (κ2) is 7.02. The van der Waals surface area contributed by atoms with Crippen molar-refractivity contribution in [1.29, 1.82) is 0 Å². The second-order valence-electron chi connectivity index (χ2n) is 4.55. The Labute approximate surface area is 138 Å². The summed E-state index contributed by atoms with van der Waals surface area (Å²) < 4.78 is 0. The summed E-state index contributed by atoms with van der Waals surface area (Å²) in [6, 6.07) is 10.5. The zero-order valence-electron chi connectivity index (χ0n) is 10.4. The number of benzene rings is 2. The minimum Gasteiger partial charge on any atom is -0.392 e. The molecule has 0 aliphatic carbocycles. The van der Waals surface area contributed by atoms with Gasteiger partial charge in [-0.2, -0.15) is 0 Å². The molecular formula is C15H12Cl4O. The van der Waals surface area contributed by atoms with E-state index in [1.54, 1.807) is 30.3 Å². The molecule has 20 heavy (non-hydrogen) atoms. The molecule has 0 aromatic heterocycles. The maximum absolute atomic E-state index is 10.2. The highest BCUT2D eigenvalue weighted by Gasteiger charge is 2.11. The van der Waals surface area contributed by atoms with Crippen LogP contribution in [0.2, 0.25) is 20.1 Å². The summed E-state index contributed by atoms with van der Waals surface area (Å²) in [5.74, 6) is 0. The molecule has 5 heteroatoms. The van der Waals surface area contributed by atoms with Crippen molar-refractivity contribution < 1.29 is 5.11 Å². The highest BCUT2D eigenvalue weighted by atomic mass is 35.5. The van der Waals surface area contributed by atoms with Gasteiger partial charge in [-0.1, -0.05) is 52.5 Å². The monoisotopic (exact) mass is 348 g/mol. The number of hydrogen-bond donors (Lipinski definition) is 1. The van der Waals surface area contributed by atoms with Crippen LogP contribution < -0.4 is 0 Å². The molecule has 2 aromatic rings. The van der Waals surface area contributed by atoms with Crippen LogP contribution in [-0.2, 0) is 12.8 Å². The molecule has 0 heterocycles. The minimum absolute atomic E-state index is 0.430. The van der Waals surface area contributed by atoms with Gasteiger partial charge in [-0.3, -0.25) is 0 Å². The van der Waals surface area contributed by atoms with Gasteiger partial charge in [0, 0.05) is 16.5 Å². The normalized spacial score (nSPS) is 12.4. The fourth-order valence-electron chi connectivity index (χ4n) is 1.96. The number of rotatable bonds is 4. The summed E-state index contributed by atoms with van der Waals surface area (Å²) in [5.41, 5.74) is 1.75. The van der Waals surface area contributed by atoms with Crippen LogP contribution in [-0.4, -0.2) is 11.2 Å². The summed E-state index contributed by atoms with van der Waals surface area (Å²) in [6.07, 6.45) is 0.336. The fraction of sp³-hybridized carbons (Fsp3) is 0.200. The van der Waals surface area contributed by atoms with Crippen LogP contribution in [0.25, 0.3) is 0 Å². The third kappa shape index (κ3) is 4.28. The van der Waals surface area contributed by atoms with Gasteiger partial charge in [-0.05, 0) is 47.9 Å². The predicted molar refractivity (Wildman–Crippen MR) is 86.3 cm³/mol. The Kier molecular flexibility index (Phi) is 5.59. The molecule has 0 bridgehead atoms. The number of hydrogen-bond acceptors (Lipinski definition) is 1. The summed E-state index contributed by atoms with van der Waals surface area (Å²) >= 11 is 23.8. The van der Waals surface area contributed by atoms with Crippen molar-refractivity contribution >= 4 is 46.4 Å². The van der Waals surface area contributed by atoms with Gasteiger partial charge in [0.05, 0.1) is 16.1 Å². The van der Waals surface area contributed by atoms with Gasteiger partial charge < -0.3 is 5.11 Å². The smallest absolute Gasteiger partial charge is 0.0621 e. The van der Waals surface area contributed by atoms with Crippen LogP contribution in [0.15, 0.2) is 36.4 Å². The highest BCUT2D eigenvalue weighted by molar-refractivity contribution is 6.42. The number of aliphatic hydroxyl groups is 1. The Morgan fingerprint density at radius 3 is 2.20 bits per heavy atom. The highest BCUT2D eigenvalue weighted by Crippen LogP contribution is 2.25. The SMILES string of the molecule is OC(Cc1ccc(Cl)c(Cl)c1)Cc1cc(Cl)ccc1Cl. The molecule has 1 atom stereocenters. The third-order valence-electron chi connectivity index (χ3n) is 2.92. The summed E-state index contributed by atoms with van der Waals surface area (Å²) in [7, 11) is 0. The van der Waals surface area contributed by atoms with Crippen LogP contribution in [0.4, 0.5) is 0 Å². The van der Waals surface area contributed by atoms with Gasteiger partial charge in [-0.25, -0.2) is 0 Å². The van der Waals surface area contributed by atoms with E-state index in [2.05, 4.69) is 0 Å². The van der Waals surface area contributed by atoms with E-state index < -0.39 is 6.10 Å². The van der Waals surface area contributed by atoms with Crippen molar-refractivity contribution in [3.05, 3.63) is 67.6 Å². The predicted octanol–water partition coefficient (Wildman–Crippen LogP) is 5.45. The molecule has 0 fully saturated rings. The summed E-state index contributed by atoms with van der Waals surface area (Å²) in [4.78, 5) is 0. The maximum Gasteiger partial charge on any atom is 0.0621 e. The van der Waals surface area contributed by atoms with E-state index in [0.29, 0.717) is 32.9 Å². The first-order chi connectivity index (χ1) is 9.45. The van der Waals surface area contributed by atoms with E-state index in [9.17, 15) is 5.11 Å². The van der Waals surface area contributed by atoms with Crippen molar-refractivity contribution in [2.75, 3.05) is 0 Å². The van der Waals surface area contributed by atoms with E-state index in [4.69, 9.17) is 46.4 Å². The van der Waals surface area contributed by atoms with Crippen LogP contribution in [0.1, 0.15) is 11.1 Å². The lowest BCUT2D eigenvalue weighted by molar-refractivity contribution is 0.175. The Bertz CT molecular complexity index is 613. The topological polar surface area (TPSA) is 20.2 Å². The molecule has 0 radical (unpaired) electrons. The zero-order valence-corrected chi connectivity index (χ0v) is 13.4. The van der Waals surface area contributed by atoms with Gasteiger partial charge in [-0.15, -0.1) is 0 Å². The van der Waals surface area contributed by atoms with Crippen molar-refractivity contribution in [2.45, 2.75) is 18.9 Å². The Balaban J connectivity index is 2.06. The van der Waals surface area contributed by atoms with E-state index in [1.165, 1.54) is 0 Å². The lowest BCUT2D eigenvalue weighted by Crippen LogP contribution is -2.14. The molecule has 0 spiro atoms. The first-order valence-corrected chi connectivity index (χ1v) is 7.53. The van der Waals surface area contributed by atoms with Crippen LogP contribution in [0, 0.1) is 0 Å². The van der Waals surface area contributed by atoms with Crippen molar-refractivity contribution in [1.82, 2.24) is 0 Å². The number of aliphatic hydroxyl groups excluding tert-OH is 1. The largest absolute Gasteiger partial charge is 0.392 e. The van der Waals surface area contributed by atoms with E-state index >= 15 is 0 Å². The van der Waals surface area contributed by atoms with E-state index in [1.807, 2.05) is 6.07 Å². The van der Waals surface area contributed by atoms with Gasteiger partial charge in [0.25, 0.3) is 0 Å². The average molecular weight is 350 g/mol. The first-order valence-electron chi connectivity index (χ1n) is 6.01. The Hall–Kier alpha value is -0.440. The molecule has 2 rings (SSSR count). The lowest BCUT2D eigenvalue weighted by Gasteiger charge is -2.13. The van der Waals surface area contributed by atoms with Gasteiger partial charge in [0.2, 0.25) is 0 Å². The lowest BCUT2D eigenvalue weighted by atomic mass is 10.0. The summed E-state index contributed by atoms with van der Waals surface area (Å²) in [5, 5.41) is 12.3. The molecule has 0 saturated carbocycles. The fourth-order valence-corrected chi connectivity index (χ4v) is 2.67. The average Bonchev–Trinajstić information content (AvgIpc) is 2.38. The molecule has 0 aliphatic rings. The molecule has 1 unspecified atom stereocenters. The second-order valence-corrected chi connectivity index (χ2v) is 6.20. The van der Waals surface area contributed by atoms with Crippen LogP contribution in [0.5, 0.6) is 0 Å².